The number of piperazine rings is 1. The first-order valence-electron chi connectivity index (χ1n) is 15.4. The molecular formula is C33H32F3N7O3S. The Hall–Kier alpha value is -4.69. The number of aromatic nitrogens is 4. The molecule has 2 aromatic heterocycles. The number of halogens is 3. The third kappa shape index (κ3) is 6.60. The number of likely N-dealkylation sites (N-methyl/N-ethyl adjacent to an activating group) is 1. The van der Waals surface area contributed by atoms with E-state index in [1.165, 1.54) is 30.6 Å². The molecule has 1 N–H and O–H groups in total. The van der Waals surface area contributed by atoms with Crippen LogP contribution in [0.3, 0.4) is 0 Å². The van der Waals surface area contributed by atoms with Crippen LogP contribution < -0.4 is 15.0 Å². The highest BCUT2D eigenvalue weighted by Gasteiger charge is 2.32. The molecular weight excluding hydrogens is 631 g/mol. The Balaban J connectivity index is 1.26. The number of nitrogens with one attached hydrogen (secondary N) is 1. The maximum atomic E-state index is 12.8. The van der Waals surface area contributed by atoms with E-state index >= 15 is 0 Å². The smallest absolute Gasteiger partial charge is 0.465 e. The normalized spacial score (nSPS) is 15.6. The molecule has 47 heavy (non-hydrogen) atoms. The number of rotatable bonds is 9. The number of methoxy groups -OCH3 is 1. The first-order chi connectivity index (χ1) is 22.7. The van der Waals surface area contributed by atoms with E-state index in [4.69, 9.17) is 9.72 Å². The highest BCUT2D eigenvalue weighted by atomic mass is 32.1. The quantitative estimate of drug-likeness (QED) is 0.165. The van der Waals surface area contributed by atoms with E-state index in [0.29, 0.717) is 27.1 Å². The van der Waals surface area contributed by atoms with Gasteiger partial charge < -0.3 is 29.2 Å². The summed E-state index contributed by atoms with van der Waals surface area (Å²) in [5.74, 6) is -0.00107. The number of carbonyl (C=O) groups is 1. The Morgan fingerprint density at radius 1 is 1.00 bits per heavy atom. The van der Waals surface area contributed by atoms with Gasteiger partial charge in [-0.15, -0.1) is 23.4 Å². The van der Waals surface area contributed by atoms with Crippen molar-refractivity contribution in [3.63, 3.8) is 0 Å². The number of benzene rings is 3. The third-order valence-corrected chi connectivity index (χ3v) is 9.31. The van der Waals surface area contributed by atoms with Crippen LogP contribution in [0.1, 0.15) is 36.2 Å². The summed E-state index contributed by atoms with van der Waals surface area (Å²) in [6.45, 7) is 6.73. The van der Waals surface area contributed by atoms with Crippen LogP contribution in [0.25, 0.3) is 33.0 Å². The molecule has 10 nitrogen and oxygen atoms in total. The zero-order valence-electron chi connectivity index (χ0n) is 25.8. The van der Waals surface area contributed by atoms with Crippen molar-refractivity contribution in [2.75, 3.05) is 50.1 Å². The number of alkyl halides is 3. The van der Waals surface area contributed by atoms with E-state index in [-0.39, 0.29) is 11.8 Å². The Bertz CT molecular complexity index is 1910. The highest BCUT2D eigenvalue weighted by molar-refractivity contribution is 7.18. The second-order valence-corrected chi connectivity index (χ2v) is 12.5. The minimum atomic E-state index is -4.76. The Labute approximate surface area is 272 Å². The van der Waals surface area contributed by atoms with Gasteiger partial charge in [-0.2, -0.15) is 0 Å². The number of hydrogen-bond acceptors (Lipinski definition) is 10. The molecule has 3 heterocycles. The summed E-state index contributed by atoms with van der Waals surface area (Å²) in [6, 6.07) is 17.4. The lowest BCUT2D eigenvalue weighted by Gasteiger charge is -2.36. The van der Waals surface area contributed by atoms with E-state index in [9.17, 15) is 18.0 Å². The summed E-state index contributed by atoms with van der Waals surface area (Å²) in [4.78, 5) is 21.9. The zero-order valence-corrected chi connectivity index (χ0v) is 26.6. The van der Waals surface area contributed by atoms with Gasteiger partial charge in [0.05, 0.1) is 35.1 Å². The van der Waals surface area contributed by atoms with Gasteiger partial charge in [-0.3, -0.25) is 0 Å². The number of esters is 1. The molecule has 3 aromatic carbocycles. The fourth-order valence-electron chi connectivity index (χ4n) is 5.91. The first kappa shape index (κ1) is 30.9. The molecule has 5 aromatic rings. The lowest BCUT2D eigenvalue weighted by molar-refractivity contribution is -0.274. The number of imidazole rings is 1. The number of hydrogen-bond donors (Lipinski definition) is 1. The third-order valence-electron chi connectivity index (χ3n) is 8.42. The van der Waals surface area contributed by atoms with Gasteiger partial charge in [-0.1, -0.05) is 30.4 Å². The summed E-state index contributed by atoms with van der Waals surface area (Å²) in [5, 5.41) is 13.5. The molecule has 0 amide bonds. The van der Waals surface area contributed by atoms with Gasteiger partial charge >= 0.3 is 12.3 Å². The van der Waals surface area contributed by atoms with Gasteiger partial charge in [0.1, 0.15) is 16.6 Å². The molecule has 0 bridgehead atoms. The van der Waals surface area contributed by atoms with Gasteiger partial charge in [-0.25, -0.2) is 9.78 Å². The van der Waals surface area contributed by atoms with Crippen molar-refractivity contribution < 1.29 is 27.4 Å². The van der Waals surface area contributed by atoms with Crippen LogP contribution in [-0.2, 0) is 4.74 Å². The van der Waals surface area contributed by atoms with Gasteiger partial charge in [0, 0.05) is 43.3 Å². The molecule has 0 radical (unpaired) electrons. The Morgan fingerprint density at radius 3 is 2.45 bits per heavy atom. The van der Waals surface area contributed by atoms with Gasteiger partial charge in [0.15, 0.2) is 0 Å². The second-order valence-electron chi connectivity index (χ2n) is 11.5. The summed E-state index contributed by atoms with van der Waals surface area (Å²) in [5.41, 5.74) is 5.46. The van der Waals surface area contributed by atoms with Crippen molar-refractivity contribution >= 4 is 44.8 Å². The minimum Gasteiger partial charge on any atom is -0.465 e. The van der Waals surface area contributed by atoms with Crippen molar-refractivity contribution in [1.82, 2.24) is 24.6 Å². The predicted octanol–water partition coefficient (Wildman–Crippen LogP) is 7.13. The fraction of sp³-hybridized carbons (Fsp3) is 0.333. The molecule has 1 aliphatic heterocycles. The maximum absolute atomic E-state index is 12.8. The van der Waals surface area contributed by atoms with Crippen molar-refractivity contribution in [3.05, 3.63) is 66.2 Å². The predicted molar refractivity (Wildman–Crippen MR) is 174 cm³/mol. The molecule has 1 saturated carbocycles. The van der Waals surface area contributed by atoms with Crippen LogP contribution in [0.4, 0.5) is 29.7 Å². The SMILES string of the molecule is CCN1CCN(c2cc3c(cc2Nc2nnc(-c4cccc(C(=O)OC)c4)s2)nc(-c2ccc(OC(F)(F)F)cc2)n3C2CC2)CC1. The van der Waals surface area contributed by atoms with Crippen molar-refractivity contribution in [2.45, 2.75) is 32.2 Å². The molecule has 14 heteroatoms. The second kappa shape index (κ2) is 12.5. The molecule has 1 saturated heterocycles. The number of anilines is 3. The maximum Gasteiger partial charge on any atom is 0.573 e. The van der Waals surface area contributed by atoms with Gasteiger partial charge in [0.2, 0.25) is 5.13 Å². The van der Waals surface area contributed by atoms with Crippen LogP contribution in [0, 0.1) is 0 Å². The van der Waals surface area contributed by atoms with E-state index in [2.05, 4.69) is 47.6 Å². The fourth-order valence-corrected chi connectivity index (χ4v) is 6.66. The standard InChI is InChI=1S/C33H32F3N7O3S/c1-3-41-13-15-42(16-14-41)27-19-28-26(37-29(43(28)23-9-10-23)20-7-11-24(12-8-20)46-33(34,35)36)18-25(27)38-32-40-39-30(47-32)21-5-4-6-22(17-21)31(44)45-2/h4-8,11-12,17-19,23H,3,9-10,13-16H2,1-2H3,(H,38,40). The average molecular weight is 664 g/mol. The van der Waals surface area contributed by atoms with Crippen LogP contribution >= 0.6 is 11.3 Å². The van der Waals surface area contributed by atoms with Crippen molar-refractivity contribution in [3.8, 4) is 27.7 Å². The molecule has 0 unspecified atom stereocenters. The summed E-state index contributed by atoms with van der Waals surface area (Å²) < 4.78 is 49.5. The van der Waals surface area contributed by atoms with E-state index in [1.807, 2.05) is 12.1 Å². The van der Waals surface area contributed by atoms with Crippen LogP contribution in [0.2, 0.25) is 0 Å². The summed E-state index contributed by atoms with van der Waals surface area (Å²) >= 11 is 1.37. The minimum absolute atomic E-state index is 0.260. The number of fused-ring (bicyclic) bond motifs is 1. The van der Waals surface area contributed by atoms with Crippen molar-refractivity contribution in [2.24, 2.45) is 0 Å². The molecule has 2 fully saturated rings. The molecule has 0 spiro atoms. The Morgan fingerprint density at radius 2 is 1.77 bits per heavy atom. The molecule has 2 aliphatic rings. The van der Waals surface area contributed by atoms with Crippen LogP contribution in [0.5, 0.6) is 5.75 Å². The largest absolute Gasteiger partial charge is 0.573 e. The average Bonchev–Trinajstić information content (AvgIpc) is 3.69. The highest BCUT2D eigenvalue weighted by Crippen LogP contribution is 2.44. The molecule has 244 valence electrons. The number of ether oxygens (including phenoxy) is 2. The molecule has 1 aliphatic carbocycles. The lowest BCUT2D eigenvalue weighted by atomic mass is 10.1. The number of nitrogens with zero attached hydrogens (tertiary/aromatic N) is 6. The van der Waals surface area contributed by atoms with Gasteiger partial charge in [-0.05, 0) is 67.9 Å². The van der Waals surface area contributed by atoms with Crippen molar-refractivity contribution in [1.29, 1.82) is 0 Å². The summed E-state index contributed by atoms with van der Waals surface area (Å²) in [7, 11) is 1.35. The monoisotopic (exact) mass is 663 g/mol. The molecule has 7 rings (SSSR count). The number of carbonyl (C=O) groups excluding carboxylic acids is 1. The van der Waals surface area contributed by atoms with Crippen LogP contribution in [-0.4, -0.2) is 76.8 Å². The summed E-state index contributed by atoms with van der Waals surface area (Å²) in [6.07, 6.45) is -2.75. The zero-order chi connectivity index (χ0) is 32.7. The van der Waals surface area contributed by atoms with Crippen LogP contribution in [0.15, 0.2) is 60.7 Å². The van der Waals surface area contributed by atoms with E-state index in [1.54, 1.807) is 30.3 Å². The molecule has 0 atom stereocenters. The van der Waals surface area contributed by atoms with E-state index in [0.717, 1.165) is 73.5 Å². The lowest BCUT2D eigenvalue weighted by Crippen LogP contribution is -2.46. The Kier molecular flexibility index (Phi) is 8.22. The topological polar surface area (TPSA) is 97.6 Å². The first-order valence-corrected chi connectivity index (χ1v) is 16.2. The van der Waals surface area contributed by atoms with Gasteiger partial charge in [0.25, 0.3) is 0 Å². The van der Waals surface area contributed by atoms with E-state index < -0.39 is 12.3 Å².